The first kappa shape index (κ1) is 31.0. The fourth-order valence-corrected chi connectivity index (χ4v) is 4.26. The Bertz CT molecular complexity index is 895. The molecule has 0 fully saturated rings. The maximum absolute atomic E-state index is 12.2. The average molecular weight is 546 g/mol. The molecule has 2 aromatic rings. The van der Waals surface area contributed by atoms with Crippen molar-refractivity contribution >= 4 is 6.09 Å². The van der Waals surface area contributed by atoms with Gasteiger partial charge >= 0.3 is 6.09 Å². The van der Waals surface area contributed by atoms with Crippen molar-refractivity contribution in [1.82, 2.24) is 5.32 Å². The first-order valence-electron chi connectivity index (χ1n) is 13.9. The standard InChI is InChI=1S/C30H43NO8/c1-2-33-14-15-35-18-19-37-22-23-38-21-20-36-17-16-34-13-7-12-31-30(32)39-24-29-27-10-5-3-8-25(27)26-9-4-6-11-28(26)29/h3-6,8-11,29H,2,7,12-24H2,1H3,(H,31,32). The summed E-state index contributed by atoms with van der Waals surface area (Å²) < 4.78 is 38.0. The minimum Gasteiger partial charge on any atom is -0.449 e. The van der Waals surface area contributed by atoms with Crippen molar-refractivity contribution in [2.75, 3.05) is 92.4 Å². The monoisotopic (exact) mass is 545 g/mol. The molecule has 0 aliphatic heterocycles. The third-order valence-corrected chi connectivity index (χ3v) is 6.14. The van der Waals surface area contributed by atoms with Gasteiger partial charge in [0.1, 0.15) is 6.61 Å². The zero-order valence-corrected chi connectivity index (χ0v) is 23.1. The predicted molar refractivity (Wildman–Crippen MR) is 148 cm³/mol. The second-order valence-corrected chi connectivity index (χ2v) is 8.86. The van der Waals surface area contributed by atoms with Crippen molar-refractivity contribution in [1.29, 1.82) is 0 Å². The molecule has 2 aromatic carbocycles. The minimum atomic E-state index is -0.406. The van der Waals surface area contributed by atoms with Gasteiger partial charge in [-0.15, -0.1) is 0 Å². The van der Waals surface area contributed by atoms with E-state index in [-0.39, 0.29) is 5.92 Å². The SMILES string of the molecule is CCOCCOCCOCCOCCOCCOCCCNC(=O)OCC1c2ccccc2-c2ccccc21. The van der Waals surface area contributed by atoms with E-state index in [1.165, 1.54) is 22.3 Å². The Morgan fingerprint density at radius 3 is 1.56 bits per heavy atom. The first-order valence-corrected chi connectivity index (χ1v) is 13.9. The lowest BCUT2D eigenvalue weighted by atomic mass is 9.98. The van der Waals surface area contributed by atoms with Crippen molar-refractivity contribution < 1.29 is 38.0 Å². The van der Waals surface area contributed by atoms with Crippen LogP contribution in [0.5, 0.6) is 0 Å². The van der Waals surface area contributed by atoms with Gasteiger partial charge in [-0.05, 0) is 35.6 Å². The molecule has 0 unspecified atom stereocenters. The van der Waals surface area contributed by atoms with E-state index in [4.69, 9.17) is 33.2 Å². The molecule has 1 amide bonds. The van der Waals surface area contributed by atoms with Gasteiger partial charge in [0.2, 0.25) is 0 Å². The second kappa shape index (κ2) is 19.5. The maximum Gasteiger partial charge on any atom is 0.407 e. The lowest BCUT2D eigenvalue weighted by Gasteiger charge is -2.14. The summed E-state index contributed by atoms with van der Waals surface area (Å²) in [5, 5.41) is 2.80. The van der Waals surface area contributed by atoms with Crippen LogP contribution in [0.4, 0.5) is 4.79 Å². The van der Waals surface area contributed by atoms with E-state index in [1.807, 2.05) is 31.2 Å². The van der Waals surface area contributed by atoms with Crippen LogP contribution in [0.15, 0.2) is 48.5 Å². The summed E-state index contributed by atoms with van der Waals surface area (Å²) in [5.41, 5.74) is 4.83. The number of amides is 1. The molecular weight excluding hydrogens is 502 g/mol. The molecule has 9 nitrogen and oxygen atoms in total. The molecular formula is C30H43NO8. The molecule has 3 rings (SSSR count). The maximum atomic E-state index is 12.2. The molecule has 1 aliphatic rings. The Morgan fingerprint density at radius 2 is 1.08 bits per heavy atom. The molecule has 0 atom stereocenters. The van der Waals surface area contributed by atoms with Gasteiger partial charge in [-0.2, -0.15) is 0 Å². The van der Waals surface area contributed by atoms with Crippen LogP contribution in [0, 0.1) is 0 Å². The fourth-order valence-electron chi connectivity index (χ4n) is 4.26. The van der Waals surface area contributed by atoms with Crippen LogP contribution < -0.4 is 5.32 Å². The zero-order chi connectivity index (χ0) is 27.4. The van der Waals surface area contributed by atoms with Gasteiger partial charge in [0, 0.05) is 25.7 Å². The molecule has 9 heteroatoms. The molecule has 0 saturated carbocycles. The van der Waals surface area contributed by atoms with Crippen LogP contribution in [0.3, 0.4) is 0 Å². The van der Waals surface area contributed by atoms with E-state index in [0.717, 1.165) is 0 Å². The Labute approximate surface area is 232 Å². The van der Waals surface area contributed by atoms with Gasteiger partial charge in [0.25, 0.3) is 0 Å². The molecule has 1 aliphatic carbocycles. The highest BCUT2D eigenvalue weighted by atomic mass is 16.6. The van der Waals surface area contributed by atoms with Crippen LogP contribution in [-0.4, -0.2) is 98.5 Å². The average Bonchev–Trinajstić information content (AvgIpc) is 3.28. The quantitative estimate of drug-likeness (QED) is 0.222. The summed E-state index contributed by atoms with van der Waals surface area (Å²) in [6.45, 7) is 9.39. The van der Waals surface area contributed by atoms with Crippen molar-refractivity contribution in [3.63, 3.8) is 0 Å². The van der Waals surface area contributed by atoms with Crippen LogP contribution in [0.1, 0.15) is 30.4 Å². The number of ether oxygens (including phenoxy) is 7. The number of carbonyl (C=O) groups is 1. The number of nitrogens with one attached hydrogen (secondary N) is 1. The van der Waals surface area contributed by atoms with E-state index < -0.39 is 6.09 Å². The lowest BCUT2D eigenvalue weighted by molar-refractivity contribution is -0.0162. The predicted octanol–water partition coefficient (Wildman–Crippen LogP) is 4.03. The molecule has 216 valence electrons. The number of carbonyl (C=O) groups excluding carboxylic acids is 1. The van der Waals surface area contributed by atoms with Crippen molar-refractivity contribution in [3.8, 4) is 11.1 Å². The van der Waals surface area contributed by atoms with Gasteiger partial charge in [0.05, 0.1) is 66.1 Å². The summed E-state index contributed by atoms with van der Waals surface area (Å²) >= 11 is 0. The summed E-state index contributed by atoms with van der Waals surface area (Å²) in [6.07, 6.45) is 0.293. The van der Waals surface area contributed by atoms with Crippen molar-refractivity contribution in [3.05, 3.63) is 59.7 Å². The second-order valence-electron chi connectivity index (χ2n) is 8.86. The highest BCUT2D eigenvalue weighted by Gasteiger charge is 2.28. The van der Waals surface area contributed by atoms with E-state index in [9.17, 15) is 4.79 Å². The zero-order valence-electron chi connectivity index (χ0n) is 23.1. The highest BCUT2D eigenvalue weighted by Crippen LogP contribution is 2.44. The van der Waals surface area contributed by atoms with Crippen LogP contribution >= 0.6 is 0 Å². The summed E-state index contributed by atoms with van der Waals surface area (Å²) in [6, 6.07) is 16.6. The third kappa shape index (κ3) is 11.6. The number of fused-ring (bicyclic) bond motifs is 3. The number of hydrogen-bond donors (Lipinski definition) is 1. The third-order valence-electron chi connectivity index (χ3n) is 6.14. The number of rotatable bonds is 22. The van der Waals surface area contributed by atoms with Gasteiger partial charge in [-0.3, -0.25) is 0 Å². The number of hydrogen-bond acceptors (Lipinski definition) is 8. The molecule has 39 heavy (non-hydrogen) atoms. The van der Waals surface area contributed by atoms with Gasteiger partial charge in [-0.25, -0.2) is 4.79 Å². The molecule has 0 saturated heterocycles. The minimum absolute atomic E-state index is 0.0615. The van der Waals surface area contributed by atoms with Crippen molar-refractivity contribution in [2.45, 2.75) is 19.3 Å². The largest absolute Gasteiger partial charge is 0.449 e. The van der Waals surface area contributed by atoms with E-state index in [2.05, 4.69) is 29.6 Å². The van der Waals surface area contributed by atoms with Crippen LogP contribution in [0.25, 0.3) is 11.1 Å². The highest BCUT2D eigenvalue weighted by molar-refractivity contribution is 5.79. The Kier molecular flexibility index (Phi) is 15.5. The summed E-state index contributed by atoms with van der Waals surface area (Å²) in [4.78, 5) is 12.2. The molecule has 0 radical (unpaired) electrons. The van der Waals surface area contributed by atoms with Crippen molar-refractivity contribution in [2.24, 2.45) is 0 Å². The van der Waals surface area contributed by atoms with E-state index in [0.29, 0.717) is 98.9 Å². The summed E-state index contributed by atoms with van der Waals surface area (Å²) in [5.74, 6) is 0.0615. The molecule has 0 spiro atoms. The van der Waals surface area contributed by atoms with E-state index >= 15 is 0 Å². The van der Waals surface area contributed by atoms with Crippen LogP contribution in [0.2, 0.25) is 0 Å². The number of benzene rings is 2. The van der Waals surface area contributed by atoms with Gasteiger partial charge < -0.3 is 38.5 Å². The first-order chi connectivity index (χ1) is 19.3. The number of alkyl carbamates (subject to hydrolysis) is 1. The Balaban J connectivity index is 1.09. The summed E-state index contributed by atoms with van der Waals surface area (Å²) in [7, 11) is 0. The molecule has 0 heterocycles. The molecule has 0 bridgehead atoms. The fraction of sp³-hybridized carbons (Fsp3) is 0.567. The molecule has 0 aromatic heterocycles. The normalized spacial score (nSPS) is 12.3. The Hall–Kier alpha value is -2.53. The molecule has 1 N–H and O–H groups in total. The van der Waals surface area contributed by atoms with Crippen LogP contribution in [-0.2, 0) is 33.2 Å². The smallest absolute Gasteiger partial charge is 0.407 e. The van der Waals surface area contributed by atoms with E-state index in [1.54, 1.807) is 0 Å². The lowest BCUT2D eigenvalue weighted by Crippen LogP contribution is -2.27. The topological polar surface area (TPSA) is 93.7 Å². The Morgan fingerprint density at radius 1 is 0.641 bits per heavy atom. The van der Waals surface area contributed by atoms with Gasteiger partial charge in [-0.1, -0.05) is 48.5 Å². The van der Waals surface area contributed by atoms with Gasteiger partial charge in [0.15, 0.2) is 0 Å².